The second-order valence-electron chi connectivity index (χ2n) is 6.84. The topological polar surface area (TPSA) is 102 Å². The number of nitrogens with zero attached hydrogens (tertiary/aromatic N) is 6. The maximum absolute atomic E-state index is 12.4. The standard InChI is InChI=1S/C18H23N7O2/c1-13-3-4-15-16(21-13)22-18(27-15)24-10-5-14(6-11-24)17(26)19-7-2-9-25-12-8-20-23-25/h3-4,8,12,14H,2,5-7,9-11H2,1H3,(H,19,26). The summed E-state index contributed by atoms with van der Waals surface area (Å²) in [5, 5.41) is 10.7. The van der Waals surface area contributed by atoms with Gasteiger partial charge in [-0.25, -0.2) is 4.98 Å². The zero-order valence-electron chi connectivity index (χ0n) is 15.3. The molecule has 0 spiro atoms. The van der Waals surface area contributed by atoms with Gasteiger partial charge in [-0.05, 0) is 38.3 Å². The third-order valence-electron chi connectivity index (χ3n) is 4.85. The maximum atomic E-state index is 12.4. The van der Waals surface area contributed by atoms with Crippen LogP contribution in [0.1, 0.15) is 25.0 Å². The molecule has 0 aliphatic carbocycles. The summed E-state index contributed by atoms with van der Waals surface area (Å²) in [6.45, 7) is 4.84. The van der Waals surface area contributed by atoms with Crippen LogP contribution in [0.15, 0.2) is 28.9 Å². The van der Waals surface area contributed by atoms with E-state index >= 15 is 0 Å². The largest absolute Gasteiger partial charge is 0.422 e. The Morgan fingerprint density at radius 3 is 2.93 bits per heavy atom. The normalized spacial score (nSPS) is 15.4. The van der Waals surface area contributed by atoms with E-state index in [-0.39, 0.29) is 11.8 Å². The van der Waals surface area contributed by atoms with E-state index < -0.39 is 0 Å². The molecule has 1 N–H and O–H groups in total. The fourth-order valence-electron chi connectivity index (χ4n) is 3.32. The molecule has 1 aliphatic heterocycles. The number of anilines is 1. The lowest BCUT2D eigenvalue weighted by Gasteiger charge is -2.30. The molecule has 0 bridgehead atoms. The summed E-state index contributed by atoms with van der Waals surface area (Å²) < 4.78 is 7.58. The predicted octanol–water partition coefficient (Wildman–Crippen LogP) is 1.55. The minimum absolute atomic E-state index is 0.0392. The van der Waals surface area contributed by atoms with Crippen molar-refractivity contribution in [3.8, 4) is 0 Å². The number of amides is 1. The van der Waals surface area contributed by atoms with Gasteiger partial charge in [0.2, 0.25) is 11.6 Å². The molecule has 0 saturated carbocycles. The summed E-state index contributed by atoms with van der Waals surface area (Å²) in [7, 11) is 0. The lowest BCUT2D eigenvalue weighted by Crippen LogP contribution is -2.41. The van der Waals surface area contributed by atoms with Crippen LogP contribution in [0.4, 0.5) is 6.01 Å². The van der Waals surface area contributed by atoms with E-state index in [9.17, 15) is 4.79 Å². The van der Waals surface area contributed by atoms with Crippen molar-refractivity contribution in [1.82, 2.24) is 30.3 Å². The van der Waals surface area contributed by atoms with E-state index in [1.807, 2.05) is 25.3 Å². The number of rotatable bonds is 6. The van der Waals surface area contributed by atoms with Gasteiger partial charge < -0.3 is 14.6 Å². The number of nitrogens with one attached hydrogen (secondary N) is 1. The van der Waals surface area contributed by atoms with E-state index in [2.05, 4.69) is 30.5 Å². The number of hydrogen-bond acceptors (Lipinski definition) is 7. The minimum atomic E-state index is 0.0392. The van der Waals surface area contributed by atoms with Gasteiger partial charge in [0.1, 0.15) is 0 Å². The SMILES string of the molecule is Cc1ccc2oc(N3CCC(C(=O)NCCCn4ccnn4)CC3)nc2n1. The van der Waals surface area contributed by atoms with Crippen LogP contribution in [0.25, 0.3) is 11.2 Å². The van der Waals surface area contributed by atoms with E-state index in [0.29, 0.717) is 23.8 Å². The molecule has 27 heavy (non-hydrogen) atoms. The third kappa shape index (κ3) is 4.07. The number of hydrogen-bond donors (Lipinski definition) is 1. The summed E-state index contributed by atoms with van der Waals surface area (Å²) >= 11 is 0. The van der Waals surface area contributed by atoms with Crippen molar-refractivity contribution in [3.63, 3.8) is 0 Å². The van der Waals surface area contributed by atoms with Crippen molar-refractivity contribution in [2.45, 2.75) is 32.7 Å². The van der Waals surface area contributed by atoms with Gasteiger partial charge in [-0.1, -0.05) is 5.21 Å². The Hall–Kier alpha value is -2.97. The Morgan fingerprint density at radius 2 is 2.15 bits per heavy atom. The van der Waals surface area contributed by atoms with Gasteiger partial charge >= 0.3 is 0 Å². The molecule has 0 radical (unpaired) electrons. The fourth-order valence-corrected chi connectivity index (χ4v) is 3.32. The molecule has 1 fully saturated rings. The summed E-state index contributed by atoms with van der Waals surface area (Å²) in [5.41, 5.74) is 2.25. The van der Waals surface area contributed by atoms with Gasteiger partial charge in [-0.3, -0.25) is 9.48 Å². The first kappa shape index (κ1) is 17.4. The molecular weight excluding hydrogens is 346 g/mol. The van der Waals surface area contributed by atoms with Crippen molar-refractivity contribution in [2.24, 2.45) is 5.92 Å². The van der Waals surface area contributed by atoms with Gasteiger partial charge in [0.25, 0.3) is 6.01 Å². The van der Waals surface area contributed by atoms with Crippen LogP contribution in [0.3, 0.4) is 0 Å². The van der Waals surface area contributed by atoms with Crippen LogP contribution in [-0.4, -0.2) is 50.5 Å². The molecule has 1 amide bonds. The van der Waals surface area contributed by atoms with Gasteiger partial charge in [-0.2, -0.15) is 4.98 Å². The van der Waals surface area contributed by atoms with Crippen LogP contribution in [0, 0.1) is 12.8 Å². The molecule has 9 heteroatoms. The Bertz CT molecular complexity index is 898. The predicted molar refractivity (Wildman–Crippen MR) is 99.1 cm³/mol. The second-order valence-corrected chi connectivity index (χ2v) is 6.84. The number of oxazole rings is 1. The molecule has 0 atom stereocenters. The zero-order chi connectivity index (χ0) is 18.6. The first-order chi connectivity index (χ1) is 13.2. The molecule has 3 aromatic heterocycles. The van der Waals surface area contributed by atoms with Crippen LogP contribution >= 0.6 is 0 Å². The molecule has 0 aromatic carbocycles. The average Bonchev–Trinajstić information content (AvgIpc) is 3.34. The zero-order valence-corrected chi connectivity index (χ0v) is 15.3. The summed E-state index contributed by atoms with van der Waals surface area (Å²) in [6.07, 6.45) is 5.89. The highest BCUT2D eigenvalue weighted by Gasteiger charge is 2.27. The lowest BCUT2D eigenvalue weighted by atomic mass is 9.96. The van der Waals surface area contributed by atoms with E-state index in [1.165, 1.54) is 0 Å². The van der Waals surface area contributed by atoms with Gasteiger partial charge in [0.15, 0.2) is 5.58 Å². The Morgan fingerprint density at radius 1 is 1.30 bits per heavy atom. The smallest absolute Gasteiger partial charge is 0.299 e. The molecule has 1 aliphatic rings. The number of pyridine rings is 1. The van der Waals surface area contributed by atoms with Gasteiger partial charge in [0.05, 0.1) is 6.20 Å². The van der Waals surface area contributed by atoms with Crippen molar-refractivity contribution >= 4 is 23.2 Å². The van der Waals surface area contributed by atoms with E-state index in [0.717, 1.165) is 44.6 Å². The number of carbonyl (C=O) groups excluding carboxylic acids is 1. The highest BCUT2D eigenvalue weighted by atomic mass is 16.4. The number of carbonyl (C=O) groups is 1. The van der Waals surface area contributed by atoms with Crippen molar-refractivity contribution < 1.29 is 9.21 Å². The molecule has 142 valence electrons. The highest BCUT2D eigenvalue weighted by Crippen LogP contribution is 2.26. The second kappa shape index (κ2) is 7.73. The summed E-state index contributed by atoms with van der Waals surface area (Å²) in [6, 6.07) is 4.40. The quantitative estimate of drug-likeness (QED) is 0.658. The summed E-state index contributed by atoms with van der Waals surface area (Å²) in [4.78, 5) is 23.3. The number of aryl methyl sites for hydroxylation is 2. The molecule has 4 heterocycles. The lowest BCUT2D eigenvalue weighted by molar-refractivity contribution is -0.125. The van der Waals surface area contributed by atoms with Crippen LogP contribution in [0.2, 0.25) is 0 Å². The van der Waals surface area contributed by atoms with Gasteiger partial charge in [-0.15, -0.1) is 5.10 Å². The van der Waals surface area contributed by atoms with Crippen LogP contribution < -0.4 is 10.2 Å². The first-order valence-electron chi connectivity index (χ1n) is 9.30. The fraction of sp³-hybridized carbons (Fsp3) is 0.500. The molecule has 0 unspecified atom stereocenters. The monoisotopic (exact) mass is 369 g/mol. The Labute approximate surface area is 156 Å². The van der Waals surface area contributed by atoms with Gasteiger partial charge in [0, 0.05) is 44.0 Å². The Balaban J connectivity index is 1.24. The average molecular weight is 369 g/mol. The van der Waals surface area contributed by atoms with Crippen LogP contribution in [-0.2, 0) is 11.3 Å². The van der Waals surface area contributed by atoms with Crippen molar-refractivity contribution in [1.29, 1.82) is 0 Å². The summed E-state index contributed by atoms with van der Waals surface area (Å²) in [5.74, 6) is 0.167. The Kier molecular flexibility index (Phi) is 4.99. The first-order valence-corrected chi connectivity index (χ1v) is 9.30. The molecule has 9 nitrogen and oxygen atoms in total. The van der Waals surface area contributed by atoms with Crippen LogP contribution in [0.5, 0.6) is 0 Å². The number of fused-ring (bicyclic) bond motifs is 1. The number of piperidine rings is 1. The molecule has 4 rings (SSSR count). The van der Waals surface area contributed by atoms with E-state index in [4.69, 9.17) is 4.42 Å². The maximum Gasteiger partial charge on any atom is 0.299 e. The minimum Gasteiger partial charge on any atom is -0.422 e. The third-order valence-corrected chi connectivity index (χ3v) is 4.85. The molecular formula is C18H23N7O2. The molecule has 1 saturated heterocycles. The molecule has 3 aromatic rings. The number of aromatic nitrogens is 5. The van der Waals surface area contributed by atoms with Crippen molar-refractivity contribution in [2.75, 3.05) is 24.5 Å². The van der Waals surface area contributed by atoms with Crippen molar-refractivity contribution in [3.05, 3.63) is 30.2 Å². The highest BCUT2D eigenvalue weighted by molar-refractivity contribution is 5.79. The van der Waals surface area contributed by atoms with E-state index in [1.54, 1.807) is 10.9 Å².